The first-order valence-corrected chi connectivity index (χ1v) is 7.91. The smallest absolute Gasteiger partial charge is 0.354 e. The van der Waals surface area contributed by atoms with Gasteiger partial charge in [0.25, 0.3) is 0 Å². The highest BCUT2D eigenvalue weighted by Crippen LogP contribution is 2.61. The second-order valence-electron chi connectivity index (χ2n) is 3.64. The summed E-state index contributed by atoms with van der Waals surface area (Å²) in [6.07, 6.45) is -1.08. The molecule has 19 heavy (non-hydrogen) atoms. The number of hydrogen-bond donors (Lipinski definition) is 6. The lowest BCUT2D eigenvalue weighted by Crippen LogP contribution is -2.45. The van der Waals surface area contributed by atoms with Crippen LogP contribution in [0.2, 0.25) is 0 Å². The van der Waals surface area contributed by atoms with Crippen LogP contribution in [-0.2, 0) is 18.7 Å². The highest BCUT2D eigenvalue weighted by Gasteiger charge is 2.49. The average molecular weight is 321 g/mol. The lowest BCUT2D eigenvalue weighted by molar-refractivity contribution is -0.149. The standard InChI is InChI=1S/C6H13NO10P2/c1-7(3(5(10)11)2-4(8)9)6(18(12,13)14)19(15,16)17/h3,6H,2H2,1H3,(H,8,9)(H,10,11)(H2,12,13,14)(H2,15,16,17)/t3-/m0/s1. The van der Waals surface area contributed by atoms with Crippen LogP contribution in [0.3, 0.4) is 0 Å². The molecule has 0 aliphatic heterocycles. The third-order valence-electron chi connectivity index (χ3n) is 2.11. The van der Waals surface area contributed by atoms with E-state index in [9.17, 15) is 18.7 Å². The van der Waals surface area contributed by atoms with Gasteiger partial charge in [0.2, 0.25) is 5.52 Å². The van der Waals surface area contributed by atoms with Gasteiger partial charge in [-0.25, -0.2) is 0 Å². The normalized spacial score (nSPS) is 14.7. The lowest BCUT2D eigenvalue weighted by Gasteiger charge is -2.32. The zero-order valence-electron chi connectivity index (χ0n) is 9.52. The van der Waals surface area contributed by atoms with Crippen molar-refractivity contribution in [3.63, 3.8) is 0 Å². The van der Waals surface area contributed by atoms with Crippen molar-refractivity contribution in [3.8, 4) is 0 Å². The Morgan fingerprint density at radius 1 is 1.05 bits per heavy atom. The Hall–Kier alpha value is -0.800. The van der Waals surface area contributed by atoms with Crippen molar-refractivity contribution in [2.45, 2.75) is 18.0 Å². The van der Waals surface area contributed by atoms with Gasteiger partial charge in [0.15, 0.2) is 0 Å². The van der Waals surface area contributed by atoms with Crippen molar-refractivity contribution < 1.29 is 48.5 Å². The molecule has 0 aromatic rings. The average Bonchev–Trinajstić information content (AvgIpc) is 2.07. The molecular weight excluding hydrogens is 308 g/mol. The molecule has 0 unspecified atom stereocenters. The van der Waals surface area contributed by atoms with Crippen LogP contribution in [0.1, 0.15) is 6.42 Å². The molecule has 0 bridgehead atoms. The number of likely N-dealkylation sites (N-methyl/N-ethyl adjacent to an activating group) is 1. The number of rotatable bonds is 7. The van der Waals surface area contributed by atoms with Crippen molar-refractivity contribution >= 4 is 27.1 Å². The second kappa shape index (κ2) is 6.10. The zero-order chi connectivity index (χ0) is 15.6. The molecule has 0 rings (SSSR count). The van der Waals surface area contributed by atoms with Crippen molar-refractivity contribution in [1.82, 2.24) is 4.90 Å². The van der Waals surface area contributed by atoms with Gasteiger partial charge >= 0.3 is 27.1 Å². The fourth-order valence-corrected chi connectivity index (χ4v) is 4.24. The van der Waals surface area contributed by atoms with E-state index in [4.69, 9.17) is 29.8 Å². The van der Waals surface area contributed by atoms with E-state index in [1.807, 2.05) is 0 Å². The van der Waals surface area contributed by atoms with Crippen LogP contribution in [0.4, 0.5) is 0 Å². The molecule has 0 fully saturated rings. The van der Waals surface area contributed by atoms with Gasteiger partial charge in [0, 0.05) is 0 Å². The number of carboxylic acids is 2. The molecule has 1 atom stereocenters. The van der Waals surface area contributed by atoms with Crippen molar-refractivity contribution in [2.75, 3.05) is 7.05 Å². The number of nitrogens with zero attached hydrogens (tertiary/aromatic N) is 1. The lowest BCUT2D eigenvalue weighted by atomic mass is 10.2. The molecule has 0 saturated carbocycles. The van der Waals surface area contributed by atoms with E-state index in [1.165, 1.54) is 0 Å². The molecule has 112 valence electrons. The number of hydrogen-bond acceptors (Lipinski definition) is 5. The minimum atomic E-state index is -5.38. The summed E-state index contributed by atoms with van der Waals surface area (Å²) in [7, 11) is -10.1. The summed E-state index contributed by atoms with van der Waals surface area (Å²) in [5.41, 5.74) is -2.72. The number of aliphatic carboxylic acids is 2. The van der Waals surface area contributed by atoms with Crippen LogP contribution >= 0.6 is 15.2 Å². The molecule has 0 saturated heterocycles. The summed E-state index contributed by atoms with van der Waals surface area (Å²) in [5.74, 6) is -3.38. The topological polar surface area (TPSA) is 193 Å². The van der Waals surface area contributed by atoms with Crippen molar-refractivity contribution in [3.05, 3.63) is 0 Å². The molecule has 0 aliphatic rings. The Morgan fingerprint density at radius 3 is 1.63 bits per heavy atom. The van der Waals surface area contributed by atoms with Crippen molar-refractivity contribution in [2.24, 2.45) is 0 Å². The summed E-state index contributed by atoms with van der Waals surface area (Å²) in [6.45, 7) is 0. The summed E-state index contributed by atoms with van der Waals surface area (Å²) >= 11 is 0. The highest BCUT2D eigenvalue weighted by molar-refractivity contribution is 7.70. The van der Waals surface area contributed by atoms with E-state index in [0.717, 1.165) is 0 Å². The van der Waals surface area contributed by atoms with E-state index < -0.39 is 45.1 Å². The Kier molecular flexibility index (Phi) is 5.84. The first kappa shape index (κ1) is 18.2. The van der Waals surface area contributed by atoms with Gasteiger partial charge in [-0.15, -0.1) is 0 Å². The SMILES string of the molecule is CN(C(P(=O)(O)O)P(=O)(O)O)[C@@H](CC(=O)O)C(=O)O. The van der Waals surface area contributed by atoms with Crippen molar-refractivity contribution in [1.29, 1.82) is 0 Å². The molecule has 0 spiro atoms. The largest absolute Gasteiger partial charge is 0.481 e. The first-order chi connectivity index (χ1) is 8.28. The fraction of sp³-hybridized carbons (Fsp3) is 0.667. The molecule has 0 amide bonds. The molecule has 13 heteroatoms. The number of carboxylic acid groups (broad SMARTS) is 2. The van der Waals surface area contributed by atoms with Crippen LogP contribution in [0.25, 0.3) is 0 Å². The van der Waals surface area contributed by atoms with E-state index in [2.05, 4.69) is 0 Å². The van der Waals surface area contributed by atoms with Gasteiger partial charge in [0.1, 0.15) is 6.04 Å². The Balaban J connectivity index is 5.57. The van der Waals surface area contributed by atoms with Gasteiger partial charge in [-0.2, -0.15) is 0 Å². The Bertz CT molecular complexity index is 429. The highest BCUT2D eigenvalue weighted by atomic mass is 31.2. The Labute approximate surface area is 106 Å². The minimum Gasteiger partial charge on any atom is -0.481 e. The molecule has 0 aromatic carbocycles. The molecule has 6 N–H and O–H groups in total. The fourth-order valence-electron chi connectivity index (χ4n) is 1.40. The number of carbonyl (C=O) groups is 2. The van der Waals surface area contributed by atoms with Gasteiger partial charge in [-0.05, 0) is 7.05 Å². The molecular formula is C6H13NO10P2. The summed E-state index contributed by atoms with van der Waals surface area (Å²) < 4.78 is 22.1. The van der Waals surface area contributed by atoms with Gasteiger partial charge < -0.3 is 29.8 Å². The monoisotopic (exact) mass is 321 g/mol. The maximum Gasteiger partial charge on any atom is 0.354 e. The van der Waals surface area contributed by atoms with Crippen LogP contribution in [0.15, 0.2) is 0 Å². The summed E-state index contributed by atoms with van der Waals surface area (Å²) in [6, 6.07) is -2.00. The molecule has 0 aliphatic carbocycles. The summed E-state index contributed by atoms with van der Waals surface area (Å²) in [5, 5.41) is 17.3. The van der Waals surface area contributed by atoms with E-state index >= 15 is 0 Å². The molecule has 0 radical (unpaired) electrons. The second-order valence-corrected chi connectivity index (χ2v) is 7.38. The molecule has 0 heterocycles. The van der Waals surface area contributed by atoms with Crippen LogP contribution < -0.4 is 0 Å². The maximum absolute atomic E-state index is 11.1. The quantitative estimate of drug-likeness (QED) is 0.298. The first-order valence-electron chi connectivity index (χ1n) is 4.55. The maximum atomic E-state index is 11.1. The third-order valence-corrected chi connectivity index (χ3v) is 5.85. The van der Waals surface area contributed by atoms with Gasteiger partial charge in [0.05, 0.1) is 6.42 Å². The Morgan fingerprint density at radius 2 is 1.42 bits per heavy atom. The molecule has 0 aromatic heterocycles. The predicted octanol–water partition coefficient (Wildman–Crippen LogP) is -1.51. The predicted molar refractivity (Wildman–Crippen MR) is 59.3 cm³/mol. The minimum absolute atomic E-state index is 0.165. The summed E-state index contributed by atoms with van der Waals surface area (Å²) in [4.78, 5) is 57.0. The van der Waals surface area contributed by atoms with E-state index in [1.54, 1.807) is 0 Å². The van der Waals surface area contributed by atoms with E-state index in [-0.39, 0.29) is 4.90 Å². The zero-order valence-corrected chi connectivity index (χ0v) is 11.3. The van der Waals surface area contributed by atoms with Gasteiger partial charge in [-0.3, -0.25) is 23.6 Å². The third kappa shape index (κ3) is 5.37. The van der Waals surface area contributed by atoms with Crippen LogP contribution in [0, 0.1) is 0 Å². The molecule has 11 nitrogen and oxygen atoms in total. The van der Waals surface area contributed by atoms with Crippen LogP contribution in [-0.4, -0.2) is 65.2 Å². The van der Waals surface area contributed by atoms with Crippen LogP contribution in [0.5, 0.6) is 0 Å². The van der Waals surface area contributed by atoms with Gasteiger partial charge in [-0.1, -0.05) is 0 Å². The van der Waals surface area contributed by atoms with E-state index in [0.29, 0.717) is 7.05 Å².